The summed E-state index contributed by atoms with van der Waals surface area (Å²) in [6.45, 7) is 1.57. The maximum atomic E-state index is 4.88. The number of aromatic nitrogens is 4. The zero-order valence-corrected chi connectivity index (χ0v) is 23.1. The second-order valence-electron chi connectivity index (χ2n) is 10.8. The van der Waals surface area contributed by atoms with E-state index in [9.17, 15) is 0 Å². The maximum Gasteiger partial charge on any atom is 0.175 e. The quantitative estimate of drug-likeness (QED) is 0.168. The molecule has 0 aliphatic heterocycles. The van der Waals surface area contributed by atoms with Gasteiger partial charge in [-0.2, -0.15) is 0 Å². The number of hydrogen-bond donors (Lipinski definition) is 0. The highest BCUT2D eigenvalue weighted by Gasteiger charge is 2.15. The number of para-hydroxylation sites is 4. The molecular weight excluding hydrogens is 512 g/mol. The molecule has 0 fully saturated rings. The lowest BCUT2D eigenvalue weighted by molar-refractivity contribution is -0.688. The molecule has 0 unspecified atom stereocenters. The van der Waals surface area contributed by atoms with E-state index in [1.54, 1.807) is 0 Å². The fraction of sp³-hybridized carbons (Fsp3) is 0.0526. The molecule has 4 nitrogen and oxygen atoms in total. The number of hydrogen-bond acceptors (Lipinski definition) is 2. The third kappa shape index (κ3) is 4.34. The van der Waals surface area contributed by atoms with Crippen molar-refractivity contribution >= 4 is 43.6 Å². The van der Waals surface area contributed by atoms with Crippen molar-refractivity contribution in [3.05, 3.63) is 157 Å². The second-order valence-corrected chi connectivity index (χ2v) is 10.8. The first kappa shape index (κ1) is 24.3. The molecule has 0 saturated carbocycles. The standard InChI is InChI=1S/C38H28N4/c1-5-13-35-29(9-1)33(30-10-2-6-14-36(30)39-35)25-41-21-17-27(18-22-41)28-19-23-42(24-20-28)26-34-31-11-3-7-15-37(31)40-38-16-8-4-12-32(34)38/h1-24H,25-26H2/q+2. The van der Waals surface area contributed by atoms with Crippen LogP contribution in [0.25, 0.3) is 54.7 Å². The molecule has 0 bridgehead atoms. The zero-order chi connectivity index (χ0) is 27.9. The van der Waals surface area contributed by atoms with Crippen molar-refractivity contribution in [2.24, 2.45) is 0 Å². The van der Waals surface area contributed by atoms with Gasteiger partial charge in [0, 0.05) is 56.9 Å². The lowest BCUT2D eigenvalue weighted by Crippen LogP contribution is -2.34. The minimum atomic E-state index is 0.784. The first-order valence-corrected chi connectivity index (χ1v) is 14.3. The Morgan fingerprint density at radius 3 is 0.952 bits per heavy atom. The molecule has 42 heavy (non-hydrogen) atoms. The Labute approximate surface area is 243 Å². The average Bonchev–Trinajstić information content (AvgIpc) is 3.05. The van der Waals surface area contributed by atoms with E-state index in [0.717, 1.165) is 35.2 Å². The Bertz CT molecular complexity index is 1970. The van der Waals surface area contributed by atoms with Crippen LogP contribution >= 0.6 is 0 Å². The summed E-state index contributed by atoms with van der Waals surface area (Å²) in [5.41, 5.74) is 9.13. The Morgan fingerprint density at radius 2 is 0.643 bits per heavy atom. The summed E-state index contributed by atoms with van der Waals surface area (Å²) in [4.78, 5) is 9.77. The zero-order valence-electron chi connectivity index (χ0n) is 23.1. The van der Waals surface area contributed by atoms with Gasteiger partial charge >= 0.3 is 0 Å². The molecule has 0 amide bonds. The normalized spacial score (nSPS) is 11.5. The van der Waals surface area contributed by atoms with Crippen LogP contribution in [0.2, 0.25) is 0 Å². The van der Waals surface area contributed by atoms with Crippen LogP contribution in [-0.2, 0) is 13.1 Å². The average molecular weight is 541 g/mol. The number of rotatable bonds is 5. The SMILES string of the molecule is c1ccc2c(C[n+]3ccc(-c4cc[n+](Cc5c6ccccc6nc6ccccc56)cc4)cc3)c3ccccc3nc2c1. The summed E-state index contributed by atoms with van der Waals surface area (Å²) >= 11 is 0. The second kappa shape index (κ2) is 10.2. The highest BCUT2D eigenvalue weighted by molar-refractivity contribution is 5.98. The van der Waals surface area contributed by atoms with Crippen LogP contribution in [0.15, 0.2) is 146 Å². The lowest BCUT2D eigenvalue weighted by Gasteiger charge is -2.09. The van der Waals surface area contributed by atoms with Crippen LogP contribution in [-0.4, -0.2) is 9.97 Å². The van der Waals surface area contributed by atoms with Crippen LogP contribution < -0.4 is 9.13 Å². The van der Waals surface area contributed by atoms with E-state index < -0.39 is 0 Å². The fourth-order valence-corrected chi connectivity index (χ4v) is 6.07. The molecule has 0 aliphatic carbocycles. The number of benzene rings is 4. The molecule has 4 aromatic heterocycles. The largest absolute Gasteiger partial charge is 0.248 e. The van der Waals surface area contributed by atoms with E-state index in [1.807, 2.05) is 0 Å². The monoisotopic (exact) mass is 540 g/mol. The molecule has 0 N–H and O–H groups in total. The molecule has 0 saturated heterocycles. The minimum Gasteiger partial charge on any atom is -0.248 e. The summed E-state index contributed by atoms with van der Waals surface area (Å²) in [5.74, 6) is 0. The van der Waals surface area contributed by atoms with Crippen molar-refractivity contribution in [2.75, 3.05) is 0 Å². The van der Waals surface area contributed by atoms with Crippen LogP contribution in [0.3, 0.4) is 0 Å². The Kier molecular flexibility index (Phi) is 5.89. The molecule has 8 aromatic rings. The predicted molar refractivity (Wildman–Crippen MR) is 169 cm³/mol. The van der Waals surface area contributed by atoms with E-state index in [4.69, 9.17) is 9.97 Å². The first-order chi connectivity index (χ1) is 20.8. The van der Waals surface area contributed by atoms with Crippen molar-refractivity contribution in [3.63, 3.8) is 0 Å². The van der Waals surface area contributed by atoms with Gasteiger partial charge in [0.05, 0.1) is 22.1 Å². The number of nitrogens with zero attached hydrogens (tertiary/aromatic N) is 4. The molecule has 0 atom stereocenters. The Hall–Kier alpha value is -5.48. The van der Waals surface area contributed by atoms with Crippen LogP contribution in [0.1, 0.15) is 11.1 Å². The van der Waals surface area contributed by atoms with Crippen molar-refractivity contribution in [1.29, 1.82) is 0 Å². The van der Waals surface area contributed by atoms with Gasteiger partial charge in [0.15, 0.2) is 37.9 Å². The van der Waals surface area contributed by atoms with Gasteiger partial charge in [-0.1, -0.05) is 72.8 Å². The fourth-order valence-electron chi connectivity index (χ4n) is 6.07. The van der Waals surface area contributed by atoms with Gasteiger partial charge in [0.2, 0.25) is 0 Å². The van der Waals surface area contributed by atoms with Crippen LogP contribution in [0.5, 0.6) is 0 Å². The smallest absolute Gasteiger partial charge is 0.175 e. The van der Waals surface area contributed by atoms with Gasteiger partial charge in [-0.25, -0.2) is 19.1 Å². The van der Waals surface area contributed by atoms with Crippen LogP contribution in [0, 0.1) is 0 Å². The molecule has 4 heteroatoms. The number of fused-ring (bicyclic) bond motifs is 4. The number of pyridine rings is 4. The van der Waals surface area contributed by atoms with Gasteiger partial charge in [0.1, 0.15) is 0 Å². The maximum absolute atomic E-state index is 4.88. The molecule has 198 valence electrons. The highest BCUT2D eigenvalue weighted by atomic mass is 14.9. The van der Waals surface area contributed by atoms with E-state index in [2.05, 4.69) is 155 Å². The first-order valence-electron chi connectivity index (χ1n) is 14.3. The van der Waals surface area contributed by atoms with Crippen molar-refractivity contribution in [2.45, 2.75) is 13.1 Å². The van der Waals surface area contributed by atoms with Gasteiger partial charge in [-0.05, 0) is 35.4 Å². The van der Waals surface area contributed by atoms with Crippen LogP contribution in [0.4, 0.5) is 0 Å². The van der Waals surface area contributed by atoms with Crippen molar-refractivity contribution < 1.29 is 9.13 Å². The molecule has 0 radical (unpaired) electrons. The molecule has 4 heterocycles. The molecule has 0 spiro atoms. The van der Waals surface area contributed by atoms with Crippen molar-refractivity contribution in [1.82, 2.24) is 9.97 Å². The summed E-state index contributed by atoms with van der Waals surface area (Å²) in [5, 5.41) is 4.82. The van der Waals surface area contributed by atoms with E-state index in [1.165, 1.54) is 43.8 Å². The van der Waals surface area contributed by atoms with Gasteiger partial charge in [-0.15, -0.1) is 0 Å². The third-order valence-corrected chi connectivity index (χ3v) is 8.20. The van der Waals surface area contributed by atoms with E-state index >= 15 is 0 Å². The Balaban J connectivity index is 1.08. The Morgan fingerprint density at radius 1 is 0.357 bits per heavy atom. The predicted octanol–water partition coefficient (Wildman–Crippen LogP) is 7.43. The van der Waals surface area contributed by atoms with Gasteiger partial charge < -0.3 is 0 Å². The molecule has 8 rings (SSSR count). The van der Waals surface area contributed by atoms with Crippen molar-refractivity contribution in [3.8, 4) is 11.1 Å². The lowest BCUT2D eigenvalue weighted by atomic mass is 10.0. The summed E-state index contributed by atoms with van der Waals surface area (Å²) < 4.78 is 4.50. The summed E-state index contributed by atoms with van der Waals surface area (Å²) in [6.07, 6.45) is 8.70. The highest BCUT2D eigenvalue weighted by Crippen LogP contribution is 2.27. The molecular formula is C38H28N4+2. The summed E-state index contributed by atoms with van der Waals surface area (Å²) in [7, 11) is 0. The summed E-state index contributed by atoms with van der Waals surface area (Å²) in [6, 6.07) is 42.5. The molecule has 4 aromatic carbocycles. The minimum absolute atomic E-state index is 0.784. The van der Waals surface area contributed by atoms with Gasteiger partial charge in [-0.3, -0.25) is 0 Å². The third-order valence-electron chi connectivity index (χ3n) is 8.20. The van der Waals surface area contributed by atoms with Gasteiger partial charge in [0.25, 0.3) is 0 Å². The van der Waals surface area contributed by atoms with E-state index in [-0.39, 0.29) is 0 Å². The molecule has 0 aliphatic rings. The van der Waals surface area contributed by atoms with E-state index in [0.29, 0.717) is 0 Å². The topological polar surface area (TPSA) is 33.5 Å².